The normalized spacial score (nSPS) is 25.7. The molecule has 1 aliphatic carbocycles. The fraction of sp³-hybridized carbons (Fsp3) is 0.500. The van der Waals surface area contributed by atoms with Crippen LogP contribution in [0.2, 0.25) is 0 Å². The summed E-state index contributed by atoms with van der Waals surface area (Å²) in [5.74, 6) is -0.855. The Morgan fingerprint density at radius 2 is 1.90 bits per heavy atom. The molecule has 0 bridgehead atoms. The van der Waals surface area contributed by atoms with Crippen molar-refractivity contribution in [2.75, 3.05) is 0 Å². The zero-order valence-electron chi connectivity index (χ0n) is 11.6. The van der Waals surface area contributed by atoms with Gasteiger partial charge in [0.1, 0.15) is 0 Å². The predicted octanol–water partition coefficient (Wildman–Crippen LogP) is 3.87. The molecule has 21 heavy (non-hydrogen) atoms. The van der Waals surface area contributed by atoms with E-state index in [0.717, 1.165) is 0 Å². The Morgan fingerprint density at radius 1 is 1.33 bits per heavy atom. The van der Waals surface area contributed by atoms with E-state index in [1.807, 2.05) is 13.8 Å². The van der Waals surface area contributed by atoms with Crippen molar-refractivity contribution in [1.82, 2.24) is 0 Å². The van der Waals surface area contributed by atoms with Gasteiger partial charge in [0.05, 0.1) is 4.90 Å². The molecule has 1 saturated carbocycles. The van der Waals surface area contributed by atoms with Gasteiger partial charge in [-0.3, -0.25) is 4.79 Å². The summed E-state index contributed by atoms with van der Waals surface area (Å²) in [6, 6.07) is 4.76. The molecule has 0 unspecified atom stereocenters. The molecule has 1 aliphatic rings. The van der Waals surface area contributed by atoms with Gasteiger partial charge in [-0.25, -0.2) is 8.42 Å². The van der Waals surface area contributed by atoms with E-state index in [0.29, 0.717) is 8.95 Å². The lowest BCUT2D eigenvalue weighted by molar-refractivity contribution is -0.144. The molecule has 2 rings (SSSR count). The van der Waals surface area contributed by atoms with Gasteiger partial charge in [-0.2, -0.15) is 0 Å². The summed E-state index contributed by atoms with van der Waals surface area (Å²) in [5, 5.41) is 9.53. The molecule has 0 radical (unpaired) electrons. The lowest BCUT2D eigenvalue weighted by Crippen LogP contribution is -2.57. The molecule has 0 heterocycles. The Hall–Kier alpha value is -0.400. The number of hydrogen-bond acceptors (Lipinski definition) is 3. The zero-order chi connectivity index (χ0) is 16.0. The van der Waals surface area contributed by atoms with Crippen LogP contribution in [0, 0.1) is 11.8 Å². The molecular formula is C14H16Br2O4S. The van der Waals surface area contributed by atoms with E-state index < -0.39 is 20.6 Å². The number of sulfone groups is 1. The summed E-state index contributed by atoms with van der Waals surface area (Å²) in [4.78, 5) is 11.7. The Kier molecular flexibility index (Phi) is 4.57. The van der Waals surface area contributed by atoms with Crippen molar-refractivity contribution in [3.8, 4) is 0 Å². The number of carbonyl (C=O) groups is 1. The maximum absolute atomic E-state index is 12.9. The molecule has 1 fully saturated rings. The van der Waals surface area contributed by atoms with Crippen LogP contribution in [0.4, 0.5) is 0 Å². The van der Waals surface area contributed by atoms with Crippen LogP contribution >= 0.6 is 31.9 Å². The Bertz CT molecular complexity index is 676. The van der Waals surface area contributed by atoms with Gasteiger partial charge in [0, 0.05) is 8.95 Å². The van der Waals surface area contributed by atoms with Crippen molar-refractivity contribution < 1.29 is 18.3 Å². The van der Waals surface area contributed by atoms with Crippen molar-refractivity contribution in [3.05, 3.63) is 27.1 Å². The second-order valence-corrected chi connectivity index (χ2v) is 9.79. The highest BCUT2D eigenvalue weighted by atomic mass is 79.9. The van der Waals surface area contributed by atoms with Crippen LogP contribution in [-0.4, -0.2) is 24.2 Å². The van der Waals surface area contributed by atoms with Crippen LogP contribution < -0.4 is 0 Å². The second kappa shape index (κ2) is 5.66. The van der Waals surface area contributed by atoms with Gasteiger partial charge < -0.3 is 5.11 Å². The van der Waals surface area contributed by atoms with Crippen LogP contribution in [0.15, 0.2) is 32.0 Å². The summed E-state index contributed by atoms with van der Waals surface area (Å²) in [6.07, 6.45) is 0.336. The van der Waals surface area contributed by atoms with E-state index in [-0.39, 0.29) is 29.6 Å². The first-order valence-corrected chi connectivity index (χ1v) is 9.62. The lowest BCUT2D eigenvalue weighted by atomic mass is 9.69. The van der Waals surface area contributed by atoms with Gasteiger partial charge >= 0.3 is 5.97 Å². The SMILES string of the molecule is CC(C)C1CC(C(=O)O)(S(=O)(=O)c2cc(Br)ccc2Br)C1. The largest absolute Gasteiger partial charge is 0.480 e. The second-order valence-electron chi connectivity index (χ2n) is 5.79. The molecule has 116 valence electrons. The molecule has 4 nitrogen and oxygen atoms in total. The Labute approximate surface area is 141 Å². The van der Waals surface area contributed by atoms with Crippen molar-refractivity contribution in [2.45, 2.75) is 36.3 Å². The number of carboxylic acids is 1. The number of halogens is 2. The molecule has 1 N–H and O–H groups in total. The van der Waals surface area contributed by atoms with E-state index in [1.165, 1.54) is 6.07 Å². The smallest absolute Gasteiger partial charge is 0.325 e. The third-order valence-electron chi connectivity index (χ3n) is 4.21. The molecule has 0 amide bonds. The van der Waals surface area contributed by atoms with Gasteiger partial charge in [0.15, 0.2) is 14.6 Å². The molecule has 1 aromatic carbocycles. The number of aliphatic carboxylic acids is 1. The first-order chi connectivity index (χ1) is 9.61. The molecule has 0 spiro atoms. The average Bonchev–Trinajstić information content (AvgIpc) is 2.29. The summed E-state index contributed by atoms with van der Waals surface area (Å²) < 4.78 is 25.1. The lowest BCUT2D eigenvalue weighted by Gasteiger charge is -2.45. The topological polar surface area (TPSA) is 71.4 Å². The van der Waals surface area contributed by atoms with Gasteiger partial charge in [-0.15, -0.1) is 0 Å². The van der Waals surface area contributed by atoms with Crippen molar-refractivity contribution in [2.24, 2.45) is 11.8 Å². The monoisotopic (exact) mass is 438 g/mol. The fourth-order valence-corrected chi connectivity index (χ4v) is 6.18. The van der Waals surface area contributed by atoms with E-state index in [2.05, 4.69) is 31.9 Å². The standard InChI is InChI=1S/C14H16Br2O4S/c1-8(2)9-6-14(7-9,13(17)18)21(19,20)12-5-10(15)3-4-11(12)16/h3-5,8-9H,6-7H2,1-2H3,(H,17,18). The van der Waals surface area contributed by atoms with Gasteiger partial charge in [-0.1, -0.05) is 29.8 Å². The van der Waals surface area contributed by atoms with Crippen LogP contribution in [0.5, 0.6) is 0 Å². The third-order valence-corrected chi connectivity index (χ3v) is 8.11. The van der Waals surface area contributed by atoms with Gasteiger partial charge in [0.2, 0.25) is 0 Å². The Morgan fingerprint density at radius 3 is 2.38 bits per heavy atom. The van der Waals surface area contributed by atoms with Gasteiger partial charge in [-0.05, 0) is 58.8 Å². The van der Waals surface area contributed by atoms with Crippen LogP contribution in [0.1, 0.15) is 26.7 Å². The summed E-state index contributed by atoms with van der Waals surface area (Å²) in [6.45, 7) is 3.97. The van der Waals surface area contributed by atoms with E-state index >= 15 is 0 Å². The first kappa shape index (κ1) is 17.0. The minimum absolute atomic E-state index is 0.0291. The van der Waals surface area contributed by atoms with Crippen molar-refractivity contribution in [1.29, 1.82) is 0 Å². The van der Waals surface area contributed by atoms with Crippen LogP contribution in [0.25, 0.3) is 0 Å². The van der Waals surface area contributed by atoms with Crippen LogP contribution in [0.3, 0.4) is 0 Å². The highest BCUT2D eigenvalue weighted by Gasteiger charge is 2.61. The Balaban J connectivity index is 2.51. The number of rotatable bonds is 4. The first-order valence-electron chi connectivity index (χ1n) is 6.55. The minimum Gasteiger partial charge on any atom is -0.480 e. The molecule has 0 aromatic heterocycles. The molecule has 0 aliphatic heterocycles. The maximum atomic E-state index is 12.9. The quantitative estimate of drug-likeness (QED) is 0.772. The summed E-state index contributed by atoms with van der Waals surface area (Å²) in [7, 11) is -3.96. The molecular weight excluding hydrogens is 424 g/mol. The third kappa shape index (κ3) is 2.68. The molecule has 0 saturated heterocycles. The number of hydrogen-bond donors (Lipinski definition) is 1. The number of carboxylic acid groups (broad SMARTS) is 1. The van der Waals surface area contributed by atoms with E-state index in [9.17, 15) is 18.3 Å². The predicted molar refractivity (Wildman–Crippen MR) is 87.0 cm³/mol. The van der Waals surface area contributed by atoms with E-state index in [4.69, 9.17) is 0 Å². The minimum atomic E-state index is -3.96. The van der Waals surface area contributed by atoms with Crippen molar-refractivity contribution >= 4 is 47.7 Å². The average molecular weight is 440 g/mol. The zero-order valence-corrected chi connectivity index (χ0v) is 15.6. The molecule has 0 atom stereocenters. The fourth-order valence-electron chi connectivity index (χ4n) is 2.66. The highest BCUT2D eigenvalue weighted by Crippen LogP contribution is 2.50. The summed E-state index contributed by atoms with van der Waals surface area (Å²) >= 11 is 6.45. The van der Waals surface area contributed by atoms with Crippen molar-refractivity contribution in [3.63, 3.8) is 0 Å². The van der Waals surface area contributed by atoms with E-state index in [1.54, 1.807) is 12.1 Å². The molecule has 7 heteroatoms. The maximum Gasteiger partial charge on any atom is 0.325 e. The highest BCUT2D eigenvalue weighted by molar-refractivity contribution is 9.11. The van der Waals surface area contributed by atoms with Gasteiger partial charge in [0.25, 0.3) is 0 Å². The van der Waals surface area contributed by atoms with Crippen LogP contribution in [-0.2, 0) is 14.6 Å². The summed E-state index contributed by atoms with van der Waals surface area (Å²) in [5.41, 5.74) is 0. The molecule has 1 aromatic rings. The number of benzene rings is 1.